The van der Waals surface area contributed by atoms with Gasteiger partial charge >= 0.3 is 0 Å². The molecule has 0 unspecified atom stereocenters. The fourth-order valence-electron chi connectivity index (χ4n) is 2.03. The summed E-state index contributed by atoms with van der Waals surface area (Å²) in [5.41, 5.74) is 1.69. The number of hydrogen-bond donors (Lipinski definition) is 2. The zero-order valence-corrected chi connectivity index (χ0v) is 14.1. The van der Waals surface area contributed by atoms with E-state index in [2.05, 4.69) is 26.0 Å². The van der Waals surface area contributed by atoms with E-state index < -0.39 is 10.0 Å². The number of hydrogen-bond acceptors (Lipinski definition) is 3. The third-order valence-electron chi connectivity index (χ3n) is 3.31. The van der Waals surface area contributed by atoms with Gasteiger partial charge in [0.1, 0.15) is 0 Å². The molecule has 1 fully saturated rings. The van der Waals surface area contributed by atoms with Gasteiger partial charge in [-0.1, -0.05) is 22.9 Å². The maximum Gasteiger partial charge on any atom is 0.232 e. The van der Waals surface area contributed by atoms with Crippen LogP contribution in [0, 0.1) is 0 Å². The molecule has 0 radical (unpaired) electrons. The highest BCUT2D eigenvalue weighted by atomic mass is 79.9. The molecule has 112 valence electrons. The average molecular weight is 361 g/mol. The lowest BCUT2D eigenvalue weighted by Crippen LogP contribution is -2.23. The Balaban J connectivity index is 1.89. The van der Waals surface area contributed by atoms with Gasteiger partial charge in [-0.3, -0.25) is 4.72 Å². The minimum atomic E-state index is -3.26. The molecule has 2 N–H and O–H groups in total. The first-order valence-electron chi connectivity index (χ1n) is 7.02. The minimum absolute atomic E-state index is 0.159. The zero-order chi connectivity index (χ0) is 14.6. The van der Waals surface area contributed by atoms with Gasteiger partial charge in [-0.15, -0.1) is 0 Å². The highest BCUT2D eigenvalue weighted by molar-refractivity contribution is 9.10. The van der Waals surface area contributed by atoms with Crippen LogP contribution in [0.1, 0.15) is 31.7 Å². The summed E-state index contributed by atoms with van der Waals surface area (Å²) in [7, 11) is -3.26. The van der Waals surface area contributed by atoms with Crippen LogP contribution in [0.4, 0.5) is 5.69 Å². The van der Waals surface area contributed by atoms with Gasteiger partial charge in [0, 0.05) is 10.5 Å². The van der Waals surface area contributed by atoms with Crippen molar-refractivity contribution in [3.05, 3.63) is 28.2 Å². The summed E-state index contributed by atoms with van der Waals surface area (Å²) < 4.78 is 27.8. The van der Waals surface area contributed by atoms with Crippen molar-refractivity contribution in [3.8, 4) is 0 Å². The van der Waals surface area contributed by atoms with Crippen molar-refractivity contribution in [1.82, 2.24) is 5.32 Å². The van der Waals surface area contributed by atoms with E-state index in [1.165, 1.54) is 12.8 Å². The fraction of sp³-hybridized carbons (Fsp3) is 0.571. The monoisotopic (exact) mass is 360 g/mol. The first kappa shape index (κ1) is 15.8. The van der Waals surface area contributed by atoms with Gasteiger partial charge in [-0.05, 0) is 56.0 Å². The summed E-state index contributed by atoms with van der Waals surface area (Å²) in [6, 6.07) is 6.24. The Kier molecular flexibility index (Phi) is 5.46. The summed E-state index contributed by atoms with van der Waals surface area (Å²) in [6.07, 6.45) is 3.89. The molecular weight excluding hydrogens is 340 g/mol. The predicted molar refractivity (Wildman–Crippen MR) is 86.6 cm³/mol. The molecule has 1 aliphatic rings. The van der Waals surface area contributed by atoms with E-state index in [1.54, 1.807) is 0 Å². The lowest BCUT2D eigenvalue weighted by atomic mass is 10.1. The average Bonchev–Trinajstić information content (AvgIpc) is 3.21. The van der Waals surface area contributed by atoms with Crippen molar-refractivity contribution >= 4 is 31.6 Å². The number of anilines is 1. The van der Waals surface area contributed by atoms with Crippen LogP contribution in [0.3, 0.4) is 0 Å². The summed E-state index contributed by atoms with van der Waals surface area (Å²) in [6.45, 7) is 2.78. The molecule has 0 bridgehead atoms. The Morgan fingerprint density at radius 2 is 2.10 bits per heavy atom. The van der Waals surface area contributed by atoms with E-state index in [0.717, 1.165) is 23.0 Å². The van der Waals surface area contributed by atoms with Crippen LogP contribution in [0.5, 0.6) is 0 Å². The van der Waals surface area contributed by atoms with Gasteiger partial charge in [0.25, 0.3) is 0 Å². The quantitative estimate of drug-likeness (QED) is 0.700. The van der Waals surface area contributed by atoms with Crippen molar-refractivity contribution in [2.24, 2.45) is 0 Å². The summed E-state index contributed by atoms with van der Waals surface area (Å²) in [5, 5.41) is 3.32. The van der Waals surface area contributed by atoms with Crippen LogP contribution in [-0.4, -0.2) is 26.8 Å². The maximum atomic E-state index is 12.1. The number of rotatable bonds is 8. The largest absolute Gasteiger partial charge is 0.314 e. The number of sulfonamides is 1. The van der Waals surface area contributed by atoms with E-state index in [-0.39, 0.29) is 5.75 Å². The molecule has 0 amide bonds. The fourth-order valence-corrected chi connectivity index (χ4v) is 3.60. The standard InChI is InChI=1S/C14H21BrN2O2S/c1-2-11-10-12(15)4-7-14(11)17-20(18,19)9-3-8-16-13-5-6-13/h4,7,10,13,16-17H,2-3,5-6,8-9H2,1H3. The Labute approximate surface area is 129 Å². The summed E-state index contributed by atoms with van der Waals surface area (Å²) in [4.78, 5) is 0. The first-order valence-corrected chi connectivity index (χ1v) is 9.47. The molecule has 6 heteroatoms. The number of aryl methyl sites for hydroxylation is 1. The Bertz CT molecular complexity index is 556. The van der Waals surface area contributed by atoms with E-state index >= 15 is 0 Å². The maximum absolute atomic E-state index is 12.1. The van der Waals surface area contributed by atoms with E-state index in [1.807, 2.05) is 25.1 Å². The SMILES string of the molecule is CCc1cc(Br)ccc1NS(=O)(=O)CCCNC1CC1. The van der Waals surface area contributed by atoms with Gasteiger partial charge in [-0.2, -0.15) is 0 Å². The molecule has 2 rings (SSSR count). The normalized spacial score (nSPS) is 15.3. The molecule has 0 heterocycles. The molecule has 1 aromatic rings. The van der Waals surface area contributed by atoms with Gasteiger partial charge in [0.05, 0.1) is 11.4 Å². The van der Waals surface area contributed by atoms with Crippen molar-refractivity contribution in [1.29, 1.82) is 0 Å². The molecule has 0 spiro atoms. The molecule has 4 nitrogen and oxygen atoms in total. The predicted octanol–water partition coefficient (Wildman–Crippen LogP) is 2.90. The summed E-state index contributed by atoms with van der Waals surface area (Å²) >= 11 is 3.40. The number of halogens is 1. The number of benzene rings is 1. The van der Waals surface area contributed by atoms with Crippen LogP contribution >= 0.6 is 15.9 Å². The number of nitrogens with one attached hydrogen (secondary N) is 2. The minimum Gasteiger partial charge on any atom is -0.314 e. The third-order valence-corrected chi connectivity index (χ3v) is 5.16. The van der Waals surface area contributed by atoms with Gasteiger partial charge in [-0.25, -0.2) is 8.42 Å². The molecule has 0 saturated heterocycles. The second kappa shape index (κ2) is 6.91. The smallest absolute Gasteiger partial charge is 0.232 e. The molecule has 1 aliphatic carbocycles. The molecule has 0 atom stereocenters. The highest BCUT2D eigenvalue weighted by Gasteiger charge is 2.20. The molecule has 0 aliphatic heterocycles. The lowest BCUT2D eigenvalue weighted by molar-refractivity contribution is 0.593. The van der Waals surface area contributed by atoms with Crippen LogP contribution in [-0.2, 0) is 16.4 Å². The van der Waals surface area contributed by atoms with Crippen LogP contribution in [0.2, 0.25) is 0 Å². The molecule has 1 aromatic carbocycles. The van der Waals surface area contributed by atoms with Crippen molar-refractivity contribution in [2.45, 2.75) is 38.6 Å². The highest BCUT2D eigenvalue weighted by Crippen LogP contribution is 2.23. The Morgan fingerprint density at radius 3 is 2.75 bits per heavy atom. The summed E-state index contributed by atoms with van der Waals surface area (Å²) in [5.74, 6) is 0.159. The topological polar surface area (TPSA) is 58.2 Å². The van der Waals surface area contributed by atoms with Gasteiger partial charge in [0.15, 0.2) is 0 Å². The second-order valence-corrected chi connectivity index (χ2v) is 7.92. The molecule has 1 saturated carbocycles. The van der Waals surface area contributed by atoms with Crippen molar-refractivity contribution in [2.75, 3.05) is 17.0 Å². The van der Waals surface area contributed by atoms with Crippen molar-refractivity contribution < 1.29 is 8.42 Å². The van der Waals surface area contributed by atoms with E-state index in [0.29, 0.717) is 18.2 Å². The Hall–Kier alpha value is -0.590. The second-order valence-electron chi connectivity index (χ2n) is 5.16. The zero-order valence-electron chi connectivity index (χ0n) is 11.7. The van der Waals surface area contributed by atoms with E-state index in [4.69, 9.17) is 0 Å². The van der Waals surface area contributed by atoms with E-state index in [9.17, 15) is 8.42 Å². The molecular formula is C14H21BrN2O2S. The van der Waals surface area contributed by atoms with Crippen LogP contribution < -0.4 is 10.0 Å². The van der Waals surface area contributed by atoms with Crippen LogP contribution in [0.15, 0.2) is 22.7 Å². The van der Waals surface area contributed by atoms with Gasteiger partial charge in [0.2, 0.25) is 10.0 Å². The van der Waals surface area contributed by atoms with Gasteiger partial charge < -0.3 is 5.32 Å². The van der Waals surface area contributed by atoms with Crippen molar-refractivity contribution in [3.63, 3.8) is 0 Å². The third kappa shape index (κ3) is 5.07. The molecule has 0 aromatic heterocycles. The first-order chi connectivity index (χ1) is 9.50. The molecule has 20 heavy (non-hydrogen) atoms. The Morgan fingerprint density at radius 1 is 1.35 bits per heavy atom. The lowest BCUT2D eigenvalue weighted by Gasteiger charge is -2.12. The van der Waals surface area contributed by atoms with Crippen LogP contribution in [0.25, 0.3) is 0 Å².